The molecule has 0 unspecified atom stereocenters. The van der Waals surface area contributed by atoms with Gasteiger partial charge >= 0.3 is 5.97 Å². The van der Waals surface area contributed by atoms with E-state index in [-0.39, 0.29) is 44.9 Å². The molecule has 0 aromatic rings. The Balaban J connectivity index is 0. The largest absolute Gasteiger partial charge is 0.481 e. The second kappa shape index (κ2) is 6.01. The first-order valence-corrected chi connectivity index (χ1v) is 4.79. The fraction of sp³-hybridized carbons (Fsp3) is 0.727. The zero-order chi connectivity index (χ0) is 12.4. The minimum atomic E-state index is -1.49. The van der Waals surface area contributed by atoms with E-state index in [1.807, 2.05) is 0 Å². The summed E-state index contributed by atoms with van der Waals surface area (Å²) in [5.74, 6) is -1.98. The van der Waals surface area contributed by atoms with Crippen LogP contribution in [0.1, 0.15) is 41.0 Å². The summed E-state index contributed by atoms with van der Waals surface area (Å²) in [6.07, 6.45) is -0.317. The molecular weight excluding hydrogens is 285 g/mol. The number of rotatable bonds is 4. The van der Waals surface area contributed by atoms with Gasteiger partial charge in [0.2, 0.25) is 0 Å². The second-order valence-corrected chi connectivity index (χ2v) is 5.20. The fourth-order valence-corrected chi connectivity index (χ4v) is 0.751. The minimum Gasteiger partial charge on any atom is -0.481 e. The van der Waals surface area contributed by atoms with Gasteiger partial charge in [-0.15, -0.1) is 0 Å². The summed E-state index contributed by atoms with van der Waals surface area (Å²) in [5.41, 5.74) is -2.09. The van der Waals surface area contributed by atoms with Crippen molar-refractivity contribution in [1.82, 2.24) is 0 Å². The van der Waals surface area contributed by atoms with Crippen molar-refractivity contribution in [1.29, 1.82) is 0 Å². The third-order valence-electron chi connectivity index (χ3n) is 2.39. The molecule has 0 aliphatic rings. The molecule has 0 aromatic carbocycles. The standard InChI is InChI=1S/C11H18O4.Y/c1-10(2,3)7(12)6-8(13)11(4,5)9(14)15;/h6H2,1-5H3,(H,14,15);. The van der Waals surface area contributed by atoms with Crippen LogP contribution in [0.25, 0.3) is 0 Å². The Labute approximate surface area is 121 Å². The van der Waals surface area contributed by atoms with Crippen LogP contribution in [0.4, 0.5) is 0 Å². The van der Waals surface area contributed by atoms with Gasteiger partial charge in [-0.1, -0.05) is 20.8 Å². The molecule has 0 amide bonds. The van der Waals surface area contributed by atoms with Crippen LogP contribution in [0, 0.1) is 10.8 Å². The fourth-order valence-electron chi connectivity index (χ4n) is 0.751. The zero-order valence-electron chi connectivity index (χ0n) is 10.5. The van der Waals surface area contributed by atoms with Crippen LogP contribution in [0.2, 0.25) is 0 Å². The summed E-state index contributed by atoms with van der Waals surface area (Å²) >= 11 is 0. The van der Waals surface area contributed by atoms with Gasteiger partial charge in [0, 0.05) is 38.1 Å². The second-order valence-electron chi connectivity index (χ2n) is 5.20. The predicted molar refractivity (Wildman–Crippen MR) is 55.5 cm³/mol. The van der Waals surface area contributed by atoms with Crippen molar-refractivity contribution in [2.45, 2.75) is 41.0 Å². The zero-order valence-corrected chi connectivity index (χ0v) is 13.3. The first kappa shape index (κ1) is 18.3. The van der Waals surface area contributed by atoms with E-state index < -0.39 is 22.6 Å². The Hall–Kier alpha value is -0.0861. The third-order valence-corrected chi connectivity index (χ3v) is 2.39. The number of ketones is 2. The molecule has 0 aliphatic heterocycles. The summed E-state index contributed by atoms with van der Waals surface area (Å²) in [6, 6.07) is 0. The van der Waals surface area contributed by atoms with Crippen molar-refractivity contribution < 1.29 is 52.2 Å². The maximum absolute atomic E-state index is 11.6. The summed E-state index contributed by atoms with van der Waals surface area (Å²) in [5, 5.41) is 8.80. The topological polar surface area (TPSA) is 71.4 Å². The number of carbonyl (C=O) groups is 3. The van der Waals surface area contributed by atoms with Crippen molar-refractivity contribution in [3.63, 3.8) is 0 Å². The van der Waals surface area contributed by atoms with Gasteiger partial charge in [-0.25, -0.2) is 0 Å². The van der Waals surface area contributed by atoms with Crippen molar-refractivity contribution in [3.05, 3.63) is 0 Å². The molecule has 4 nitrogen and oxygen atoms in total. The van der Waals surface area contributed by atoms with E-state index >= 15 is 0 Å². The van der Waals surface area contributed by atoms with E-state index in [9.17, 15) is 14.4 Å². The van der Waals surface area contributed by atoms with E-state index in [4.69, 9.17) is 5.11 Å². The van der Waals surface area contributed by atoms with Crippen molar-refractivity contribution in [2.24, 2.45) is 10.8 Å². The molecule has 0 fully saturated rings. The van der Waals surface area contributed by atoms with Crippen LogP contribution in [0.5, 0.6) is 0 Å². The molecule has 0 saturated heterocycles. The molecule has 1 N–H and O–H groups in total. The van der Waals surface area contributed by atoms with Crippen molar-refractivity contribution >= 4 is 17.5 Å². The van der Waals surface area contributed by atoms with Crippen LogP contribution in [0.3, 0.4) is 0 Å². The molecular formula is C11H18O4Y. The molecule has 0 spiro atoms. The van der Waals surface area contributed by atoms with Crippen LogP contribution in [0.15, 0.2) is 0 Å². The number of carboxylic acid groups (broad SMARTS) is 1. The molecule has 89 valence electrons. The normalized spacial score (nSPS) is 11.6. The molecule has 0 aromatic heterocycles. The number of carbonyl (C=O) groups excluding carboxylic acids is 2. The quantitative estimate of drug-likeness (QED) is 0.802. The SMILES string of the molecule is CC(C)(C)C(=O)CC(=O)C(C)(C)C(=O)O.[Y]. The van der Waals surface area contributed by atoms with Crippen LogP contribution >= 0.6 is 0 Å². The van der Waals surface area contributed by atoms with Crippen LogP contribution in [-0.4, -0.2) is 22.6 Å². The van der Waals surface area contributed by atoms with E-state index in [0.717, 1.165) is 0 Å². The van der Waals surface area contributed by atoms with Crippen molar-refractivity contribution in [2.75, 3.05) is 0 Å². The summed E-state index contributed by atoms with van der Waals surface area (Å²) < 4.78 is 0. The van der Waals surface area contributed by atoms with Crippen molar-refractivity contribution in [3.8, 4) is 0 Å². The first-order valence-electron chi connectivity index (χ1n) is 4.79. The maximum atomic E-state index is 11.6. The molecule has 0 aliphatic carbocycles. The van der Waals surface area contributed by atoms with E-state index in [2.05, 4.69) is 0 Å². The number of carboxylic acids is 1. The Morgan fingerprint density at radius 3 is 1.56 bits per heavy atom. The predicted octanol–water partition coefficient (Wildman–Crippen LogP) is 1.67. The van der Waals surface area contributed by atoms with Gasteiger partial charge in [-0.2, -0.15) is 0 Å². The molecule has 1 radical (unpaired) electrons. The smallest absolute Gasteiger partial charge is 0.316 e. The molecule has 16 heavy (non-hydrogen) atoms. The van der Waals surface area contributed by atoms with Crippen LogP contribution < -0.4 is 0 Å². The monoisotopic (exact) mass is 303 g/mol. The minimum absolute atomic E-state index is 0. The van der Waals surface area contributed by atoms with E-state index in [1.54, 1.807) is 20.8 Å². The Morgan fingerprint density at radius 2 is 1.31 bits per heavy atom. The van der Waals surface area contributed by atoms with Crippen LogP contribution in [-0.2, 0) is 47.1 Å². The van der Waals surface area contributed by atoms with E-state index in [0.29, 0.717) is 0 Å². The maximum Gasteiger partial charge on any atom is 0.316 e. The van der Waals surface area contributed by atoms with Gasteiger partial charge in [0.25, 0.3) is 0 Å². The van der Waals surface area contributed by atoms with Gasteiger partial charge < -0.3 is 5.11 Å². The summed E-state index contributed by atoms with van der Waals surface area (Å²) in [6.45, 7) is 7.74. The Bertz CT molecular complexity index is 300. The van der Waals surface area contributed by atoms with Gasteiger partial charge in [0.15, 0.2) is 5.78 Å². The number of aliphatic carboxylic acids is 1. The number of hydrogen-bond acceptors (Lipinski definition) is 3. The Kier molecular flexibility index (Phi) is 6.87. The molecule has 0 saturated carbocycles. The molecule has 0 rings (SSSR count). The summed E-state index contributed by atoms with van der Waals surface area (Å²) in [4.78, 5) is 33.9. The molecule has 0 bridgehead atoms. The first-order chi connectivity index (χ1) is 6.49. The van der Waals surface area contributed by atoms with Gasteiger partial charge in [0.05, 0.1) is 6.42 Å². The molecule has 0 atom stereocenters. The third kappa shape index (κ3) is 4.83. The Morgan fingerprint density at radius 1 is 0.938 bits per heavy atom. The van der Waals surface area contributed by atoms with Gasteiger partial charge in [-0.3, -0.25) is 14.4 Å². The number of hydrogen-bond donors (Lipinski definition) is 1. The molecule has 0 heterocycles. The summed E-state index contributed by atoms with van der Waals surface area (Å²) in [7, 11) is 0. The molecule has 5 heteroatoms. The van der Waals surface area contributed by atoms with Gasteiger partial charge in [-0.05, 0) is 13.8 Å². The number of Topliss-reactive ketones (excluding diaryl/α,β-unsaturated/α-hetero) is 2. The average Bonchev–Trinajstić information content (AvgIpc) is 2.01. The van der Waals surface area contributed by atoms with E-state index in [1.165, 1.54) is 13.8 Å². The van der Waals surface area contributed by atoms with Gasteiger partial charge in [0.1, 0.15) is 11.2 Å². The average molecular weight is 303 g/mol.